The highest BCUT2D eigenvalue weighted by atomic mass is 32.1. The molecule has 1 aliphatic rings. The predicted molar refractivity (Wildman–Crippen MR) is 115 cm³/mol. The molecule has 0 saturated carbocycles. The van der Waals surface area contributed by atoms with Gasteiger partial charge in [-0.15, -0.1) is 0 Å². The molecule has 0 saturated heterocycles. The molecule has 1 aliphatic heterocycles. The fourth-order valence-corrected chi connectivity index (χ4v) is 3.83. The summed E-state index contributed by atoms with van der Waals surface area (Å²) in [5.41, 5.74) is 3.02. The lowest BCUT2D eigenvalue weighted by Gasteiger charge is -2.30. The second kappa shape index (κ2) is 8.70. The highest BCUT2D eigenvalue weighted by Crippen LogP contribution is 2.30. The van der Waals surface area contributed by atoms with Gasteiger partial charge in [-0.25, -0.2) is 9.97 Å². The van der Waals surface area contributed by atoms with Crippen LogP contribution < -0.4 is 4.90 Å². The van der Waals surface area contributed by atoms with Crippen molar-refractivity contribution in [1.82, 2.24) is 9.97 Å². The summed E-state index contributed by atoms with van der Waals surface area (Å²) < 4.78 is 38.8. The van der Waals surface area contributed by atoms with Crippen LogP contribution in [0, 0.1) is 0 Å². The van der Waals surface area contributed by atoms with Gasteiger partial charge in [0.2, 0.25) is 0 Å². The van der Waals surface area contributed by atoms with E-state index in [1.165, 1.54) is 12.1 Å². The SMILES string of the molecule is O=C(Cc1cccc(C(F)(F)F)c1)c1cccc(N2CCc3nc(CS)ncc3C2)c1. The summed E-state index contributed by atoms with van der Waals surface area (Å²) in [6.07, 6.45) is -1.93. The molecule has 1 aromatic heterocycles. The number of ketones is 1. The summed E-state index contributed by atoms with van der Waals surface area (Å²) in [6, 6.07) is 12.1. The Morgan fingerprint density at radius 1 is 1.13 bits per heavy atom. The first-order chi connectivity index (χ1) is 14.8. The molecule has 0 N–H and O–H groups in total. The Morgan fingerprint density at radius 2 is 1.94 bits per heavy atom. The maximum absolute atomic E-state index is 12.9. The standard InChI is InChI=1S/C23H20F3N3OS/c24-23(25,26)18-5-1-3-15(9-18)10-21(30)16-4-2-6-19(11-16)29-8-7-20-17(13-29)12-27-22(14-31)28-20/h1-6,9,11-12,31H,7-8,10,13-14H2. The zero-order valence-electron chi connectivity index (χ0n) is 16.6. The minimum atomic E-state index is -4.43. The zero-order chi connectivity index (χ0) is 22.0. The van der Waals surface area contributed by atoms with Crippen LogP contribution in [-0.2, 0) is 31.3 Å². The molecule has 4 nitrogen and oxygen atoms in total. The van der Waals surface area contributed by atoms with Gasteiger partial charge in [0, 0.05) is 48.9 Å². The first-order valence-corrected chi connectivity index (χ1v) is 10.5. The van der Waals surface area contributed by atoms with E-state index in [1.54, 1.807) is 18.2 Å². The number of halogens is 3. The van der Waals surface area contributed by atoms with Gasteiger partial charge in [0.25, 0.3) is 0 Å². The molecule has 31 heavy (non-hydrogen) atoms. The van der Waals surface area contributed by atoms with Gasteiger partial charge in [0.15, 0.2) is 5.78 Å². The summed E-state index contributed by atoms with van der Waals surface area (Å²) in [4.78, 5) is 23.7. The van der Waals surface area contributed by atoms with E-state index in [0.717, 1.165) is 42.0 Å². The van der Waals surface area contributed by atoms with Crippen molar-refractivity contribution < 1.29 is 18.0 Å². The number of rotatable bonds is 5. The summed E-state index contributed by atoms with van der Waals surface area (Å²) in [6.45, 7) is 1.38. The Labute approximate surface area is 183 Å². The van der Waals surface area contributed by atoms with Crippen LogP contribution in [0.3, 0.4) is 0 Å². The number of benzene rings is 2. The molecule has 3 aromatic rings. The molecular formula is C23H20F3N3OS. The van der Waals surface area contributed by atoms with Crippen molar-refractivity contribution in [2.45, 2.75) is 31.3 Å². The lowest BCUT2D eigenvalue weighted by molar-refractivity contribution is -0.137. The van der Waals surface area contributed by atoms with E-state index < -0.39 is 11.7 Å². The van der Waals surface area contributed by atoms with Gasteiger partial charge in [-0.05, 0) is 23.8 Å². The van der Waals surface area contributed by atoms with Crippen LogP contribution in [0.4, 0.5) is 18.9 Å². The van der Waals surface area contributed by atoms with Crippen LogP contribution in [0.2, 0.25) is 0 Å². The maximum Gasteiger partial charge on any atom is 0.416 e. The second-order valence-electron chi connectivity index (χ2n) is 7.44. The molecule has 2 aromatic carbocycles. The average molecular weight is 443 g/mol. The van der Waals surface area contributed by atoms with Crippen LogP contribution in [0.5, 0.6) is 0 Å². The molecule has 4 rings (SSSR count). The molecule has 0 radical (unpaired) electrons. The van der Waals surface area contributed by atoms with Gasteiger partial charge >= 0.3 is 6.18 Å². The molecule has 0 unspecified atom stereocenters. The van der Waals surface area contributed by atoms with E-state index in [0.29, 0.717) is 29.2 Å². The van der Waals surface area contributed by atoms with Crippen molar-refractivity contribution in [2.75, 3.05) is 11.4 Å². The lowest BCUT2D eigenvalue weighted by Crippen LogP contribution is -2.31. The molecule has 0 bridgehead atoms. The van der Waals surface area contributed by atoms with E-state index in [1.807, 2.05) is 12.3 Å². The number of carbonyl (C=O) groups is 1. The zero-order valence-corrected chi connectivity index (χ0v) is 17.5. The Morgan fingerprint density at radius 3 is 2.71 bits per heavy atom. The van der Waals surface area contributed by atoms with Crippen molar-refractivity contribution >= 4 is 24.1 Å². The molecule has 160 valence electrons. The largest absolute Gasteiger partial charge is 0.416 e. The summed E-state index contributed by atoms with van der Waals surface area (Å²) in [5, 5.41) is 0. The Balaban J connectivity index is 1.50. The number of hydrogen-bond acceptors (Lipinski definition) is 5. The smallest absolute Gasteiger partial charge is 0.367 e. The topological polar surface area (TPSA) is 46.1 Å². The van der Waals surface area contributed by atoms with Crippen molar-refractivity contribution in [2.24, 2.45) is 0 Å². The number of aromatic nitrogens is 2. The van der Waals surface area contributed by atoms with Gasteiger partial charge in [-0.1, -0.05) is 30.3 Å². The molecule has 0 aliphatic carbocycles. The minimum absolute atomic E-state index is 0.0868. The van der Waals surface area contributed by atoms with Crippen molar-refractivity contribution in [3.63, 3.8) is 0 Å². The molecule has 2 heterocycles. The van der Waals surface area contributed by atoms with Crippen LogP contribution in [-0.4, -0.2) is 22.3 Å². The lowest BCUT2D eigenvalue weighted by atomic mass is 10.00. The van der Waals surface area contributed by atoms with Gasteiger partial charge in [-0.2, -0.15) is 25.8 Å². The third-order valence-electron chi connectivity index (χ3n) is 5.28. The predicted octanol–water partition coefficient (Wildman–Crippen LogP) is 4.91. The molecule has 0 fully saturated rings. The van der Waals surface area contributed by atoms with E-state index >= 15 is 0 Å². The van der Waals surface area contributed by atoms with Gasteiger partial charge in [0.1, 0.15) is 5.82 Å². The number of Topliss-reactive ketones (excluding diaryl/α,β-unsaturated/α-hetero) is 1. The first-order valence-electron chi connectivity index (χ1n) is 9.82. The van der Waals surface area contributed by atoms with Crippen LogP contribution in [0.15, 0.2) is 54.7 Å². The summed E-state index contributed by atoms with van der Waals surface area (Å²) in [5.74, 6) is 0.977. The molecular weight excluding hydrogens is 423 g/mol. The van der Waals surface area contributed by atoms with Crippen molar-refractivity contribution in [3.8, 4) is 0 Å². The van der Waals surface area contributed by atoms with Gasteiger partial charge < -0.3 is 4.90 Å². The second-order valence-corrected chi connectivity index (χ2v) is 7.75. The Bertz CT molecular complexity index is 1120. The normalized spacial score (nSPS) is 13.7. The fourth-order valence-electron chi connectivity index (χ4n) is 3.68. The Kier molecular flexibility index (Phi) is 6.00. The molecule has 0 atom stereocenters. The van der Waals surface area contributed by atoms with Crippen LogP contribution in [0.25, 0.3) is 0 Å². The molecule has 0 amide bonds. The summed E-state index contributed by atoms with van der Waals surface area (Å²) in [7, 11) is 0. The maximum atomic E-state index is 12.9. The quantitative estimate of drug-likeness (QED) is 0.450. The van der Waals surface area contributed by atoms with Gasteiger partial charge in [0.05, 0.1) is 17.0 Å². The number of fused-ring (bicyclic) bond motifs is 1. The average Bonchev–Trinajstić information content (AvgIpc) is 2.78. The summed E-state index contributed by atoms with van der Waals surface area (Å²) >= 11 is 4.22. The highest BCUT2D eigenvalue weighted by Gasteiger charge is 2.30. The third-order valence-corrected chi connectivity index (χ3v) is 5.56. The monoisotopic (exact) mass is 443 g/mol. The molecule has 8 heteroatoms. The van der Waals surface area contributed by atoms with Crippen molar-refractivity contribution in [1.29, 1.82) is 0 Å². The number of alkyl halides is 3. The number of carbonyl (C=O) groups excluding carboxylic acids is 1. The van der Waals surface area contributed by atoms with E-state index in [-0.39, 0.29) is 12.2 Å². The highest BCUT2D eigenvalue weighted by molar-refractivity contribution is 7.79. The fraction of sp³-hybridized carbons (Fsp3) is 0.261. The van der Waals surface area contributed by atoms with Gasteiger partial charge in [-0.3, -0.25) is 4.79 Å². The first kappa shape index (κ1) is 21.4. The van der Waals surface area contributed by atoms with Crippen LogP contribution >= 0.6 is 12.6 Å². The van der Waals surface area contributed by atoms with Crippen molar-refractivity contribution in [3.05, 3.63) is 88.5 Å². The van der Waals surface area contributed by atoms with E-state index in [4.69, 9.17) is 0 Å². The van der Waals surface area contributed by atoms with Crippen LogP contribution in [0.1, 0.15) is 38.6 Å². The third kappa shape index (κ3) is 4.90. The minimum Gasteiger partial charge on any atom is -0.367 e. The number of anilines is 1. The molecule has 0 spiro atoms. The van der Waals surface area contributed by atoms with E-state index in [9.17, 15) is 18.0 Å². The number of thiol groups is 1. The Hall–Kier alpha value is -2.87. The number of hydrogen-bond donors (Lipinski definition) is 1. The van der Waals surface area contributed by atoms with E-state index in [2.05, 4.69) is 27.5 Å². The number of nitrogens with zero attached hydrogens (tertiary/aromatic N) is 3.